The lowest BCUT2D eigenvalue weighted by molar-refractivity contribution is -0.114. The molecule has 2 atom stereocenters. The SMILES string of the molecule is CC(=O)Nc1cc(C(=O)NC(C)C(O)c2ccc(F)cc2)ccc1C. The van der Waals surface area contributed by atoms with Crippen molar-refractivity contribution in [1.29, 1.82) is 0 Å². The van der Waals surface area contributed by atoms with Crippen molar-refractivity contribution in [3.8, 4) is 0 Å². The van der Waals surface area contributed by atoms with E-state index >= 15 is 0 Å². The molecule has 0 aliphatic rings. The Labute approximate surface area is 145 Å². The summed E-state index contributed by atoms with van der Waals surface area (Å²) in [5.41, 5.74) is 2.28. The maximum atomic E-state index is 13.0. The van der Waals surface area contributed by atoms with Gasteiger partial charge >= 0.3 is 0 Å². The van der Waals surface area contributed by atoms with Crippen LogP contribution in [0.1, 0.15) is 41.4 Å². The Balaban J connectivity index is 2.10. The first-order valence-corrected chi connectivity index (χ1v) is 7.90. The number of aliphatic hydroxyl groups excluding tert-OH is 1. The van der Waals surface area contributed by atoms with Gasteiger partial charge in [0.1, 0.15) is 5.82 Å². The maximum Gasteiger partial charge on any atom is 0.251 e. The van der Waals surface area contributed by atoms with Crippen molar-refractivity contribution in [2.24, 2.45) is 0 Å². The van der Waals surface area contributed by atoms with Gasteiger partial charge in [-0.3, -0.25) is 9.59 Å². The molecule has 3 N–H and O–H groups in total. The highest BCUT2D eigenvalue weighted by Gasteiger charge is 2.19. The molecule has 2 unspecified atom stereocenters. The zero-order valence-electron chi connectivity index (χ0n) is 14.3. The highest BCUT2D eigenvalue weighted by molar-refractivity contribution is 5.97. The molecule has 0 aromatic heterocycles. The molecule has 2 aromatic rings. The average Bonchev–Trinajstić information content (AvgIpc) is 2.56. The number of halogens is 1. The summed E-state index contributed by atoms with van der Waals surface area (Å²) < 4.78 is 13.0. The molecule has 0 aliphatic carbocycles. The predicted molar refractivity (Wildman–Crippen MR) is 93.8 cm³/mol. The van der Waals surface area contributed by atoms with Gasteiger partial charge < -0.3 is 15.7 Å². The largest absolute Gasteiger partial charge is 0.386 e. The number of nitrogens with one attached hydrogen (secondary N) is 2. The van der Waals surface area contributed by atoms with Gasteiger partial charge in [0.25, 0.3) is 5.91 Å². The standard InChI is InChI=1S/C19H21FN2O3/c1-11-4-5-15(10-17(11)22-13(3)23)19(25)21-12(2)18(24)14-6-8-16(20)9-7-14/h4-10,12,18,24H,1-3H3,(H,21,25)(H,22,23). The summed E-state index contributed by atoms with van der Waals surface area (Å²) >= 11 is 0. The third kappa shape index (κ3) is 4.87. The third-order valence-electron chi connectivity index (χ3n) is 3.85. The van der Waals surface area contributed by atoms with E-state index in [9.17, 15) is 19.1 Å². The smallest absolute Gasteiger partial charge is 0.251 e. The lowest BCUT2D eigenvalue weighted by Gasteiger charge is -2.21. The van der Waals surface area contributed by atoms with Gasteiger partial charge in [-0.05, 0) is 49.2 Å². The Hall–Kier alpha value is -2.73. The molecular weight excluding hydrogens is 323 g/mol. The highest BCUT2D eigenvalue weighted by Crippen LogP contribution is 2.19. The number of amides is 2. The van der Waals surface area contributed by atoms with Crippen LogP contribution in [0.3, 0.4) is 0 Å². The second-order valence-corrected chi connectivity index (χ2v) is 5.97. The van der Waals surface area contributed by atoms with E-state index in [4.69, 9.17) is 0 Å². The fourth-order valence-electron chi connectivity index (χ4n) is 2.41. The van der Waals surface area contributed by atoms with Crippen LogP contribution in [0, 0.1) is 12.7 Å². The summed E-state index contributed by atoms with van der Waals surface area (Å²) in [4.78, 5) is 23.6. The lowest BCUT2D eigenvalue weighted by atomic mass is 10.0. The number of anilines is 1. The Morgan fingerprint density at radius 2 is 1.76 bits per heavy atom. The van der Waals surface area contributed by atoms with Gasteiger partial charge in [-0.25, -0.2) is 4.39 Å². The summed E-state index contributed by atoms with van der Waals surface area (Å²) in [6.45, 7) is 4.88. The summed E-state index contributed by atoms with van der Waals surface area (Å²) in [6.07, 6.45) is -0.968. The van der Waals surface area contributed by atoms with E-state index in [1.807, 2.05) is 6.92 Å². The highest BCUT2D eigenvalue weighted by atomic mass is 19.1. The molecule has 0 fully saturated rings. The number of carbonyl (C=O) groups is 2. The van der Waals surface area contributed by atoms with Crippen molar-refractivity contribution in [2.75, 3.05) is 5.32 Å². The lowest BCUT2D eigenvalue weighted by Crippen LogP contribution is -2.37. The molecule has 0 saturated carbocycles. The maximum absolute atomic E-state index is 13.0. The predicted octanol–water partition coefficient (Wildman–Crippen LogP) is 2.94. The quantitative estimate of drug-likeness (QED) is 0.780. The number of aryl methyl sites for hydroxylation is 1. The Bertz CT molecular complexity index is 775. The molecule has 0 bridgehead atoms. The first-order valence-electron chi connectivity index (χ1n) is 7.90. The van der Waals surface area contributed by atoms with Crippen LogP contribution in [0.5, 0.6) is 0 Å². The monoisotopic (exact) mass is 344 g/mol. The molecule has 2 aromatic carbocycles. The summed E-state index contributed by atoms with van der Waals surface area (Å²) in [7, 11) is 0. The molecule has 0 aliphatic heterocycles. The summed E-state index contributed by atoms with van der Waals surface area (Å²) in [5, 5.41) is 15.7. The van der Waals surface area contributed by atoms with Crippen LogP contribution in [0.4, 0.5) is 10.1 Å². The molecule has 6 heteroatoms. The van der Waals surface area contributed by atoms with Gasteiger partial charge in [0.2, 0.25) is 5.91 Å². The Morgan fingerprint density at radius 3 is 2.36 bits per heavy atom. The van der Waals surface area contributed by atoms with Crippen molar-refractivity contribution in [1.82, 2.24) is 5.32 Å². The zero-order chi connectivity index (χ0) is 18.6. The van der Waals surface area contributed by atoms with E-state index in [1.54, 1.807) is 25.1 Å². The topological polar surface area (TPSA) is 78.4 Å². The van der Waals surface area contributed by atoms with Crippen LogP contribution in [0.25, 0.3) is 0 Å². The van der Waals surface area contributed by atoms with Crippen molar-refractivity contribution in [3.63, 3.8) is 0 Å². The van der Waals surface area contributed by atoms with Crippen molar-refractivity contribution in [3.05, 3.63) is 65.0 Å². The van der Waals surface area contributed by atoms with E-state index in [2.05, 4.69) is 10.6 Å². The van der Waals surface area contributed by atoms with Crippen LogP contribution in [-0.4, -0.2) is 23.0 Å². The van der Waals surface area contributed by atoms with Crippen LogP contribution in [-0.2, 0) is 4.79 Å². The number of rotatable bonds is 5. The van der Waals surface area contributed by atoms with Gasteiger partial charge in [0.05, 0.1) is 12.1 Å². The molecule has 2 amide bonds. The van der Waals surface area contributed by atoms with Gasteiger partial charge in [-0.1, -0.05) is 18.2 Å². The van der Waals surface area contributed by atoms with Gasteiger partial charge in [-0.2, -0.15) is 0 Å². The molecule has 0 spiro atoms. The molecule has 5 nitrogen and oxygen atoms in total. The minimum atomic E-state index is -0.968. The normalized spacial score (nSPS) is 13.0. The fraction of sp³-hybridized carbons (Fsp3) is 0.263. The van der Waals surface area contributed by atoms with Gasteiger partial charge in [0, 0.05) is 18.2 Å². The van der Waals surface area contributed by atoms with Crippen LogP contribution in [0.15, 0.2) is 42.5 Å². The number of aliphatic hydroxyl groups is 1. The van der Waals surface area contributed by atoms with Crippen molar-refractivity contribution in [2.45, 2.75) is 32.9 Å². The van der Waals surface area contributed by atoms with E-state index in [0.717, 1.165) is 5.56 Å². The number of hydrogen-bond acceptors (Lipinski definition) is 3. The number of hydrogen-bond donors (Lipinski definition) is 3. The first kappa shape index (κ1) is 18.6. The Morgan fingerprint density at radius 1 is 1.12 bits per heavy atom. The minimum absolute atomic E-state index is 0.222. The second kappa shape index (κ2) is 7.90. The van der Waals surface area contributed by atoms with Crippen molar-refractivity contribution >= 4 is 17.5 Å². The number of benzene rings is 2. The average molecular weight is 344 g/mol. The number of carbonyl (C=O) groups excluding carboxylic acids is 2. The van der Waals surface area contributed by atoms with E-state index in [1.165, 1.54) is 31.2 Å². The second-order valence-electron chi connectivity index (χ2n) is 5.97. The molecule has 132 valence electrons. The van der Waals surface area contributed by atoms with E-state index < -0.39 is 18.0 Å². The Kier molecular flexibility index (Phi) is 5.88. The van der Waals surface area contributed by atoms with E-state index in [0.29, 0.717) is 16.8 Å². The third-order valence-corrected chi connectivity index (χ3v) is 3.85. The molecule has 0 heterocycles. The molecule has 0 saturated heterocycles. The van der Waals surface area contributed by atoms with Crippen LogP contribution in [0.2, 0.25) is 0 Å². The van der Waals surface area contributed by atoms with Crippen LogP contribution < -0.4 is 10.6 Å². The summed E-state index contributed by atoms with van der Waals surface area (Å²) in [5.74, 6) is -0.987. The molecule has 2 rings (SSSR count). The molecule has 25 heavy (non-hydrogen) atoms. The zero-order valence-corrected chi connectivity index (χ0v) is 14.3. The van der Waals surface area contributed by atoms with Gasteiger partial charge in [0.15, 0.2) is 0 Å². The van der Waals surface area contributed by atoms with Crippen LogP contribution >= 0.6 is 0 Å². The first-order chi connectivity index (χ1) is 11.8. The molecule has 0 radical (unpaired) electrons. The van der Waals surface area contributed by atoms with Crippen molar-refractivity contribution < 1.29 is 19.1 Å². The van der Waals surface area contributed by atoms with E-state index in [-0.39, 0.29) is 11.8 Å². The van der Waals surface area contributed by atoms with Gasteiger partial charge in [-0.15, -0.1) is 0 Å². The summed E-state index contributed by atoms with van der Waals surface area (Å²) in [6, 6.07) is 9.85. The minimum Gasteiger partial charge on any atom is -0.386 e. The molecular formula is C19H21FN2O3. The fourth-order valence-corrected chi connectivity index (χ4v) is 2.41.